The third-order valence-corrected chi connectivity index (χ3v) is 7.42. The molecule has 7 heteroatoms. The molecule has 1 aliphatic heterocycles. The van der Waals surface area contributed by atoms with E-state index in [2.05, 4.69) is 27.1 Å². The number of sulfonamides is 1. The molecular formula is C19H26N2O3S2. The average Bonchev–Trinajstić information content (AvgIpc) is 3.17. The highest BCUT2D eigenvalue weighted by Crippen LogP contribution is 2.30. The summed E-state index contributed by atoms with van der Waals surface area (Å²) in [6, 6.07) is 9.26. The van der Waals surface area contributed by atoms with Crippen molar-refractivity contribution in [1.29, 1.82) is 0 Å². The van der Waals surface area contributed by atoms with Crippen LogP contribution in [0.25, 0.3) is 0 Å². The van der Waals surface area contributed by atoms with Crippen molar-refractivity contribution < 1.29 is 13.2 Å². The van der Waals surface area contributed by atoms with Crippen LogP contribution in [0.5, 0.6) is 5.75 Å². The maximum Gasteiger partial charge on any atom is 0.240 e. The number of nitrogens with one attached hydrogen (secondary N) is 1. The second kappa shape index (κ2) is 8.52. The summed E-state index contributed by atoms with van der Waals surface area (Å²) in [5.74, 6) is 1.35. The minimum Gasteiger partial charge on any atom is -0.496 e. The van der Waals surface area contributed by atoms with E-state index in [4.69, 9.17) is 4.74 Å². The highest BCUT2D eigenvalue weighted by atomic mass is 32.2. The molecule has 26 heavy (non-hydrogen) atoms. The molecule has 2 aromatic rings. The first-order valence-electron chi connectivity index (χ1n) is 8.89. The number of hydrogen-bond donors (Lipinski definition) is 1. The van der Waals surface area contributed by atoms with Gasteiger partial charge < -0.3 is 9.64 Å². The maximum absolute atomic E-state index is 12.5. The molecule has 0 unspecified atom stereocenters. The lowest BCUT2D eigenvalue weighted by molar-refractivity contribution is 0.217. The van der Waals surface area contributed by atoms with Gasteiger partial charge in [0.05, 0.1) is 12.0 Å². The van der Waals surface area contributed by atoms with Gasteiger partial charge in [-0.05, 0) is 74.0 Å². The fraction of sp³-hybridized carbons (Fsp3) is 0.474. The Hall–Kier alpha value is -1.41. The van der Waals surface area contributed by atoms with E-state index in [9.17, 15) is 8.42 Å². The summed E-state index contributed by atoms with van der Waals surface area (Å²) >= 11 is 1.83. The lowest BCUT2D eigenvalue weighted by Gasteiger charge is -2.31. The first kappa shape index (κ1) is 19.4. The van der Waals surface area contributed by atoms with Crippen molar-refractivity contribution in [3.05, 3.63) is 46.2 Å². The van der Waals surface area contributed by atoms with E-state index in [1.54, 1.807) is 25.3 Å². The first-order valence-corrected chi connectivity index (χ1v) is 11.3. The third kappa shape index (κ3) is 4.65. The van der Waals surface area contributed by atoms with Gasteiger partial charge in [0.15, 0.2) is 0 Å². The molecule has 0 amide bonds. The van der Waals surface area contributed by atoms with Crippen molar-refractivity contribution in [3.63, 3.8) is 0 Å². The van der Waals surface area contributed by atoms with Crippen molar-refractivity contribution in [2.24, 2.45) is 0 Å². The van der Waals surface area contributed by atoms with E-state index >= 15 is 0 Å². The Bertz CT molecular complexity index is 811. The largest absolute Gasteiger partial charge is 0.496 e. The predicted molar refractivity (Wildman–Crippen MR) is 106 cm³/mol. The van der Waals surface area contributed by atoms with Crippen LogP contribution >= 0.6 is 11.3 Å². The van der Waals surface area contributed by atoms with Crippen LogP contribution in [0, 0.1) is 6.92 Å². The molecule has 142 valence electrons. The number of piperidine rings is 1. The SMILES string of the molecule is COc1ccc(S(=O)(=O)NCCN2CCC(c3cccs3)CC2)cc1C. The number of benzene rings is 1. The maximum atomic E-state index is 12.5. The molecule has 3 rings (SSSR count). The van der Waals surface area contributed by atoms with Crippen LogP contribution in [0.2, 0.25) is 0 Å². The molecule has 1 saturated heterocycles. The van der Waals surface area contributed by atoms with Crippen molar-refractivity contribution in [3.8, 4) is 5.75 Å². The Morgan fingerprint density at radius 1 is 1.27 bits per heavy atom. The minimum absolute atomic E-state index is 0.284. The highest BCUT2D eigenvalue weighted by Gasteiger charge is 2.21. The second-order valence-corrected chi connectivity index (χ2v) is 9.41. The van der Waals surface area contributed by atoms with Gasteiger partial charge in [0.2, 0.25) is 10.0 Å². The Balaban J connectivity index is 1.48. The Morgan fingerprint density at radius 2 is 2.04 bits per heavy atom. The van der Waals surface area contributed by atoms with Gasteiger partial charge in [-0.1, -0.05) is 6.07 Å². The smallest absolute Gasteiger partial charge is 0.240 e. The summed E-state index contributed by atoms with van der Waals surface area (Å²) in [5, 5.41) is 2.14. The third-order valence-electron chi connectivity index (χ3n) is 4.93. The van der Waals surface area contributed by atoms with E-state index in [-0.39, 0.29) is 4.90 Å². The van der Waals surface area contributed by atoms with E-state index in [0.717, 1.165) is 38.0 Å². The predicted octanol–water partition coefficient (Wildman–Crippen LogP) is 3.22. The number of aryl methyl sites for hydroxylation is 1. The van der Waals surface area contributed by atoms with Gasteiger partial charge in [0, 0.05) is 18.0 Å². The lowest BCUT2D eigenvalue weighted by Crippen LogP contribution is -2.39. The van der Waals surface area contributed by atoms with Crippen LogP contribution in [0.4, 0.5) is 0 Å². The van der Waals surface area contributed by atoms with Gasteiger partial charge in [-0.15, -0.1) is 11.3 Å². The standard InChI is InChI=1S/C19H26N2O3S2/c1-15-14-17(5-6-18(15)24-2)26(22,23)20-9-12-21-10-7-16(8-11-21)19-4-3-13-25-19/h3-6,13-14,16,20H,7-12H2,1-2H3. The Labute approximate surface area is 160 Å². The molecule has 1 aliphatic rings. The highest BCUT2D eigenvalue weighted by molar-refractivity contribution is 7.89. The van der Waals surface area contributed by atoms with E-state index in [0.29, 0.717) is 18.2 Å². The zero-order chi connectivity index (χ0) is 18.6. The van der Waals surface area contributed by atoms with Gasteiger partial charge in [-0.3, -0.25) is 0 Å². The normalized spacial score (nSPS) is 16.7. The van der Waals surface area contributed by atoms with E-state index in [1.165, 1.54) is 4.88 Å². The van der Waals surface area contributed by atoms with Crippen molar-refractivity contribution >= 4 is 21.4 Å². The summed E-state index contributed by atoms with van der Waals surface area (Å²) in [6.45, 7) is 5.05. The van der Waals surface area contributed by atoms with Crippen LogP contribution in [0.15, 0.2) is 40.6 Å². The quantitative estimate of drug-likeness (QED) is 0.783. The zero-order valence-electron chi connectivity index (χ0n) is 15.3. The average molecular weight is 395 g/mol. The number of rotatable bonds is 7. The second-order valence-electron chi connectivity index (χ2n) is 6.66. The molecule has 0 spiro atoms. The van der Waals surface area contributed by atoms with Gasteiger partial charge >= 0.3 is 0 Å². The van der Waals surface area contributed by atoms with Gasteiger partial charge in [-0.2, -0.15) is 0 Å². The molecule has 0 aliphatic carbocycles. The van der Waals surface area contributed by atoms with Gasteiger partial charge in [-0.25, -0.2) is 13.1 Å². The molecule has 1 N–H and O–H groups in total. The molecule has 1 aromatic carbocycles. The summed E-state index contributed by atoms with van der Waals surface area (Å²) < 4.78 is 32.8. The summed E-state index contributed by atoms with van der Waals surface area (Å²) in [4.78, 5) is 4.10. The molecule has 5 nitrogen and oxygen atoms in total. The van der Waals surface area contributed by atoms with Gasteiger partial charge in [0.1, 0.15) is 5.75 Å². The molecule has 1 aromatic heterocycles. The topological polar surface area (TPSA) is 58.6 Å². The van der Waals surface area contributed by atoms with Crippen LogP contribution in [-0.4, -0.2) is 46.6 Å². The zero-order valence-corrected chi connectivity index (χ0v) is 16.9. The molecular weight excluding hydrogens is 368 g/mol. The number of methoxy groups -OCH3 is 1. The molecule has 0 bridgehead atoms. The van der Waals surface area contributed by atoms with Crippen LogP contribution in [0.3, 0.4) is 0 Å². The molecule has 0 radical (unpaired) electrons. The minimum atomic E-state index is -3.49. The number of thiophene rings is 1. The van der Waals surface area contributed by atoms with Crippen LogP contribution in [0.1, 0.15) is 29.2 Å². The fourth-order valence-electron chi connectivity index (χ4n) is 3.40. The van der Waals surface area contributed by atoms with Crippen LogP contribution < -0.4 is 9.46 Å². The lowest BCUT2D eigenvalue weighted by atomic mass is 9.95. The number of ether oxygens (including phenoxy) is 1. The molecule has 0 saturated carbocycles. The van der Waals surface area contributed by atoms with E-state index < -0.39 is 10.0 Å². The first-order chi connectivity index (χ1) is 12.5. The number of nitrogens with zero attached hydrogens (tertiary/aromatic N) is 1. The molecule has 1 fully saturated rings. The van der Waals surface area contributed by atoms with E-state index in [1.807, 2.05) is 18.3 Å². The van der Waals surface area contributed by atoms with Crippen molar-refractivity contribution in [1.82, 2.24) is 9.62 Å². The van der Waals surface area contributed by atoms with Crippen molar-refractivity contribution in [2.75, 3.05) is 33.3 Å². The Kier molecular flexibility index (Phi) is 6.34. The van der Waals surface area contributed by atoms with Crippen LogP contribution in [-0.2, 0) is 10.0 Å². The number of likely N-dealkylation sites (tertiary alicyclic amines) is 1. The summed E-state index contributed by atoms with van der Waals surface area (Å²) in [5.41, 5.74) is 0.811. The monoisotopic (exact) mass is 394 g/mol. The van der Waals surface area contributed by atoms with Crippen molar-refractivity contribution in [2.45, 2.75) is 30.6 Å². The fourth-order valence-corrected chi connectivity index (χ4v) is 5.41. The summed E-state index contributed by atoms with van der Waals surface area (Å²) in [7, 11) is -1.91. The molecule has 0 atom stereocenters. The van der Waals surface area contributed by atoms with Gasteiger partial charge in [0.25, 0.3) is 0 Å². The number of hydrogen-bond acceptors (Lipinski definition) is 5. The molecule has 2 heterocycles. The summed E-state index contributed by atoms with van der Waals surface area (Å²) in [6.07, 6.45) is 2.29. The Morgan fingerprint density at radius 3 is 2.65 bits per heavy atom.